The van der Waals surface area contributed by atoms with Gasteiger partial charge in [-0.05, 0) is 16.7 Å². The number of benzene rings is 2. The highest BCUT2D eigenvalue weighted by Gasteiger charge is 2.00. The quantitative estimate of drug-likeness (QED) is 0.738. The second kappa shape index (κ2) is 7.04. The van der Waals surface area contributed by atoms with Crippen molar-refractivity contribution in [1.82, 2.24) is 5.32 Å². The molecule has 0 aliphatic heterocycles. The normalized spacial score (nSPS) is 12.3. The molecule has 0 spiro atoms. The third kappa shape index (κ3) is 4.17. The monoisotopic (exact) mass is 256 g/mol. The van der Waals surface area contributed by atoms with Crippen molar-refractivity contribution in [2.75, 3.05) is 13.1 Å². The summed E-state index contributed by atoms with van der Waals surface area (Å²) in [5, 5.41) is 12.5. The van der Waals surface area contributed by atoms with Crippen molar-refractivity contribution in [3.8, 4) is 11.1 Å². The van der Waals surface area contributed by atoms with Crippen LogP contribution in [-0.2, 0) is 6.54 Å². The maximum atomic E-state index is 9.34. The van der Waals surface area contributed by atoms with Gasteiger partial charge < -0.3 is 16.2 Å². The topological polar surface area (TPSA) is 58.3 Å². The van der Waals surface area contributed by atoms with Gasteiger partial charge >= 0.3 is 0 Å². The molecule has 2 rings (SSSR count). The van der Waals surface area contributed by atoms with Crippen LogP contribution in [0.5, 0.6) is 0 Å². The Balaban J connectivity index is 1.92. The van der Waals surface area contributed by atoms with Crippen molar-refractivity contribution in [2.45, 2.75) is 12.6 Å². The molecule has 2 aromatic carbocycles. The number of nitrogens with one attached hydrogen (secondary N) is 1. The summed E-state index contributed by atoms with van der Waals surface area (Å²) < 4.78 is 0. The molecule has 0 aromatic heterocycles. The molecule has 1 atom stereocenters. The van der Waals surface area contributed by atoms with Crippen LogP contribution >= 0.6 is 0 Å². The van der Waals surface area contributed by atoms with Gasteiger partial charge in [0.25, 0.3) is 0 Å². The fraction of sp³-hybridized carbons (Fsp3) is 0.250. The average molecular weight is 256 g/mol. The van der Waals surface area contributed by atoms with Crippen molar-refractivity contribution in [3.63, 3.8) is 0 Å². The molecule has 0 radical (unpaired) electrons. The predicted molar refractivity (Wildman–Crippen MR) is 78.6 cm³/mol. The second-order valence-electron chi connectivity index (χ2n) is 4.58. The molecule has 0 amide bonds. The lowest BCUT2D eigenvalue weighted by Crippen LogP contribution is -2.32. The molecule has 0 heterocycles. The highest BCUT2D eigenvalue weighted by Crippen LogP contribution is 2.19. The zero-order valence-electron chi connectivity index (χ0n) is 10.9. The van der Waals surface area contributed by atoms with Crippen LogP contribution in [-0.4, -0.2) is 24.3 Å². The third-order valence-corrected chi connectivity index (χ3v) is 3.04. The molecule has 0 fully saturated rings. The SMILES string of the molecule is NCC(O)CNCc1ccc(-c2ccccc2)cc1. The third-order valence-electron chi connectivity index (χ3n) is 3.04. The van der Waals surface area contributed by atoms with E-state index >= 15 is 0 Å². The first-order valence-electron chi connectivity index (χ1n) is 6.53. The van der Waals surface area contributed by atoms with Crippen molar-refractivity contribution >= 4 is 0 Å². The molecule has 1 unspecified atom stereocenters. The van der Waals surface area contributed by atoms with Crippen LogP contribution in [0.2, 0.25) is 0 Å². The Morgan fingerprint density at radius 2 is 1.58 bits per heavy atom. The van der Waals surface area contributed by atoms with Gasteiger partial charge in [0.05, 0.1) is 6.10 Å². The van der Waals surface area contributed by atoms with Gasteiger partial charge in [0, 0.05) is 19.6 Å². The summed E-state index contributed by atoms with van der Waals surface area (Å²) in [6, 6.07) is 18.7. The maximum Gasteiger partial charge on any atom is 0.0786 e. The van der Waals surface area contributed by atoms with Gasteiger partial charge in [-0.15, -0.1) is 0 Å². The first-order valence-corrected chi connectivity index (χ1v) is 6.53. The Morgan fingerprint density at radius 3 is 2.21 bits per heavy atom. The van der Waals surface area contributed by atoms with Gasteiger partial charge in [0.2, 0.25) is 0 Å². The summed E-state index contributed by atoms with van der Waals surface area (Å²) in [4.78, 5) is 0. The number of aliphatic hydroxyl groups excluding tert-OH is 1. The summed E-state index contributed by atoms with van der Waals surface area (Å²) in [5.41, 5.74) is 8.98. The summed E-state index contributed by atoms with van der Waals surface area (Å²) in [7, 11) is 0. The highest BCUT2D eigenvalue weighted by molar-refractivity contribution is 5.63. The van der Waals surface area contributed by atoms with Crippen molar-refractivity contribution in [2.24, 2.45) is 5.73 Å². The lowest BCUT2D eigenvalue weighted by Gasteiger charge is -2.09. The summed E-state index contributed by atoms with van der Waals surface area (Å²) in [6.07, 6.45) is -0.469. The van der Waals surface area contributed by atoms with E-state index in [1.807, 2.05) is 18.2 Å². The number of rotatable bonds is 6. The van der Waals surface area contributed by atoms with Gasteiger partial charge in [-0.2, -0.15) is 0 Å². The van der Waals surface area contributed by atoms with E-state index in [1.54, 1.807) is 0 Å². The van der Waals surface area contributed by atoms with E-state index in [1.165, 1.54) is 16.7 Å². The van der Waals surface area contributed by atoms with E-state index in [-0.39, 0.29) is 0 Å². The Morgan fingerprint density at radius 1 is 0.947 bits per heavy atom. The first-order chi connectivity index (χ1) is 9.29. The molecular formula is C16H20N2O. The van der Waals surface area contributed by atoms with Gasteiger partial charge in [-0.25, -0.2) is 0 Å². The smallest absolute Gasteiger partial charge is 0.0786 e. The van der Waals surface area contributed by atoms with Crippen LogP contribution < -0.4 is 11.1 Å². The highest BCUT2D eigenvalue weighted by atomic mass is 16.3. The van der Waals surface area contributed by atoms with Crippen LogP contribution in [0.4, 0.5) is 0 Å². The van der Waals surface area contributed by atoms with Crippen LogP contribution in [0.3, 0.4) is 0 Å². The Hall–Kier alpha value is -1.68. The fourth-order valence-electron chi connectivity index (χ4n) is 1.91. The molecule has 100 valence electrons. The Labute approximate surface area is 114 Å². The van der Waals surface area contributed by atoms with E-state index in [2.05, 4.69) is 41.7 Å². The summed E-state index contributed by atoms with van der Waals surface area (Å²) in [5.74, 6) is 0. The van der Waals surface area contributed by atoms with Crippen LogP contribution in [0.15, 0.2) is 54.6 Å². The minimum Gasteiger partial charge on any atom is -0.390 e. The van der Waals surface area contributed by atoms with Gasteiger partial charge in [-0.1, -0.05) is 54.6 Å². The van der Waals surface area contributed by atoms with E-state index in [4.69, 9.17) is 5.73 Å². The zero-order chi connectivity index (χ0) is 13.5. The van der Waals surface area contributed by atoms with Crippen LogP contribution in [0.25, 0.3) is 11.1 Å². The van der Waals surface area contributed by atoms with Crippen LogP contribution in [0.1, 0.15) is 5.56 Å². The second-order valence-corrected chi connectivity index (χ2v) is 4.58. The lowest BCUT2D eigenvalue weighted by molar-refractivity contribution is 0.179. The van der Waals surface area contributed by atoms with Gasteiger partial charge in [0.1, 0.15) is 0 Å². The number of nitrogens with two attached hydrogens (primary N) is 1. The number of hydrogen-bond acceptors (Lipinski definition) is 3. The fourth-order valence-corrected chi connectivity index (χ4v) is 1.91. The average Bonchev–Trinajstić information content (AvgIpc) is 2.48. The molecule has 0 saturated carbocycles. The molecular weight excluding hydrogens is 236 g/mol. The number of aliphatic hydroxyl groups is 1. The summed E-state index contributed by atoms with van der Waals surface area (Å²) >= 11 is 0. The van der Waals surface area contributed by atoms with Crippen molar-refractivity contribution in [3.05, 3.63) is 60.2 Å². The number of hydrogen-bond donors (Lipinski definition) is 3. The molecule has 0 bridgehead atoms. The molecule has 0 aliphatic carbocycles. The van der Waals surface area contributed by atoms with Gasteiger partial charge in [0.15, 0.2) is 0 Å². The standard InChI is InChI=1S/C16H20N2O/c17-10-16(19)12-18-11-13-6-8-15(9-7-13)14-4-2-1-3-5-14/h1-9,16,18-19H,10-12,17H2. The first kappa shape index (κ1) is 13.7. The summed E-state index contributed by atoms with van der Waals surface area (Å²) in [6.45, 7) is 1.56. The van der Waals surface area contributed by atoms with E-state index < -0.39 is 6.10 Å². The molecule has 3 heteroatoms. The molecule has 4 N–H and O–H groups in total. The van der Waals surface area contributed by atoms with Crippen LogP contribution in [0, 0.1) is 0 Å². The van der Waals surface area contributed by atoms with Crippen molar-refractivity contribution in [1.29, 1.82) is 0 Å². The van der Waals surface area contributed by atoms with E-state index in [0.29, 0.717) is 13.1 Å². The van der Waals surface area contributed by atoms with E-state index in [0.717, 1.165) is 6.54 Å². The Bertz CT molecular complexity index is 482. The molecule has 3 nitrogen and oxygen atoms in total. The zero-order valence-corrected chi connectivity index (χ0v) is 10.9. The minimum atomic E-state index is -0.469. The molecule has 0 aliphatic rings. The predicted octanol–water partition coefficient (Wildman–Crippen LogP) is 1.76. The molecule has 2 aromatic rings. The van der Waals surface area contributed by atoms with Crippen molar-refractivity contribution < 1.29 is 5.11 Å². The largest absolute Gasteiger partial charge is 0.390 e. The maximum absolute atomic E-state index is 9.34. The molecule has 19 heavy (non-hydrogen) atoms. The lowest BCUT2D eigenvalue weighted by atomic mass is 10.0. The minimum absolute atomic E-state index is 0.292. The van der Waals surface area contributed by atoms with E-state index in [9.17, 15) is 5.11 Å². The Kier molecular flexibility index (Phi) is 5.10. The van der Waals surface area contributed by atoms with Gasteiger partial charge in [-0.3, -0.25) is 0 Å². The molecule has 0 saturated heterocycles.